The monoisotopic (exact) mass is 279 g/mol. The normalized spacial score (nSPS) is 23.7. The molecular weight excluding hydrogens is 258 g/mol. The highest BCUT2D eigenvalue weighted by Gasteiger charge is 2.31. The highest BCUT2D eigenvalue weighted by Crippen LogP contribution is 2.30. The Bertz CT molecular complexity index is 496. The van der Waals surface area contributed by atoms with Crippen molar-refractivity contribution in [2.45, 2.75) is 25.9 Å². The van der Waals surface area contributed by atoms with Crippen LogP contribution in [-0.2, 0) is 0 Å². The molecule has 0 amide bonds. The molecule has 0 bridgehead atoms. The predicted molar refractivity (Wildman–Crippen MR) is 79.3 cm³/mol. The first kappa shape index (κ1) is 14.5. The molecule has 20 heavy (non-hydrogen) atoms. The third-order valence-electron chi connectivity index (χ3n) is 3.97. The van der Waals surface area contributed by atoms with Gasteiger partial charge in [-0.3, -0.25) is 15.0 Å². The Hall–Kier alpha value is -1.89. The molecular formula is C13H21N5O2. The average Bonchev–Trinajstić information content (AvgIpc) is 2.43. The summed E-state index contributed by atoms with van der Waals surface area (Å²) in [6, 6.07) is 3.81. The zero-order chi connectivity index (χ0) is 14.9. The highest BCUT2D eigenvalue weighted by atomic mass is 16.6. The van der Waals surface area contributed by atoms with Crippen molar-refractivity contribution in [1.82, 2.24) is 9.88 Å². The lowest BCUT2D eigenvalue weighted by Crippen LogP contribution is -2.55. The molecule has 2 rings (SSSR count). The zero-order valence-electron chi connectivity index (χ0n) is 12.3. The molecule has 7 nitrogen and oxygen atoms in total. The second kappa shape index (κ2) is 5.62. The molecule has 1 saturated heterocycles. The van der Waals surface area contributed by atoms with Crippen LogP contribution in [0.5, 0.6) is 0 Å². The minimum absolute atomic E-state index is 0.0629. The van der Waals surface area contributed by atoms with Crippen molar-refractivity contribution in [1.29, 1.82) is 0 Å². The molecule has 2 unspecified atom stereocenters. The van der Waals surface area contributed by atoms with Gasteiger partial charge in [0.15, 0.2) is 0 Å². The van der Waals surface area contributed by atoms with Crippen molar-refractivity contribution >= 4 is 17.3 Å². The molecule has 2 heterocycles. The number of hydrogen-bond acceptors (Lipinski definition) is 6. The first-order valence-corrected chi connectivity index (χ1v) is 6.74. The molecule has 1 aromatic rings. The van der Waals surface area contributed by atoms with E-state index in [9.17, 15) is 10.1 Å². The van der Waals surface area contributed by atoms with E-state index in [1.807, 2.05) is 4.90 Å². The lowest BCUT2D eigenvalue weighted by atomic mass is 10.1. The molecule has 0 aromatic carbocycles. The van der Waals surface area contributed by atoms with E-state index < -0.39 is 0 Å². The van der Waals surface area contributed by atoms with E-state index in [0.717, 1.165) is 13.1 Å². The van der Waals surface area contributed by atoms with E-state index in [1.54, 1.807) is 13.1 Å². The summed E-state index contributed by atoms with van der Waals surface area (Å²) >= 11 is 0. The Kier molecular flexibility index (Phi) is 4.08. The lowest BCUT2D eigenvalue weighted by molar-refractivity contribution is -0.384. The van der Waals surface area contributed by atoms with Gasteiger partial charge in [-0.15, -0.1) is 0 Å². The maximum absolute atomic E-state index is 11.2. The molecule has 0 saturated carbocycles. The number of piperazine rings is 1. The van der Waals surface area contributed by atoms with E-state index in [-0.39, 0.29) is 10.6 Å². The van der Waals surface area contributed by atoms with Gasteiger partial charge in [-0.25, -0.2) is 4.98 Å². The molecule has 1 fully saturated rings. The van der Waals surface area contributed by atoms with Crippen molar-refractivity contribution in [2.75, 3.05) is 37.4 Å². The van der Waals surface area contributed by atoms with Gasteiger partial charge in [-0.05, 0) is 27.0 Å². The number of hydrogen-bond donors (Lipinski definition) is 1. The molecule has 110 valence electrons. The van der Waals surface area contributed by atoms with Crippen LogP contribution in [0.25, 0.3) is 0 Å². The summed E-state index contributed by atoms with van der Waals surface area (Å²) in [5.74, 6) is 1.10. The van der Waals surface area contributed by atoms with Crippen LogP contribution in [0, 0.1) is 10.1 Å². The van der Waals surface area contributed by atoms with Crippen molar-refractivity contribution in [3.63, 3.8) is 0 Å². The summed E-state index contributed by atoms with van der Waals surface area (Å²) in [7, 11) is 3.84. The van der Waals surface area contributed by atoms with Crippen LogP contribution >= 0.6 is 0 Å². The van der Waals surface area contributed by atoms with Crippen molar-refractivity contribution in [3.05, 3.63) is 22.2 Å². The Labute approximate surface area is 118 Å². The molecule has 0 radical (unpaired) electrons. The Morgan fingerprint density at radius 2 is 1.95 bits per heavy atom. The van der Waals surface area contributed by atoms with Gasteiger partial charge in [0.05, 0.1) is 4.92 Å². The molecule has 0 aliphatic carbocycles. The average molecular weight is 279 g/mol. The summed E-state index contributed by atoms with van der Waals surface area (Å²) in [6.07, 6.45) is 0. The Morgan fingerprint density at radius 1 is 1.35 bits per heavy atom. The van der Waals surface area contributed by atoms with Gasteiger partial charge in [0.25, 0.3) is 0 Å². The summed E-state index contributed by atoms with van der Waals surface area (Å²) in [5.41, 5.74) is 0.0629. The van der Waals surface area contributed by atoms with Crippen LogP contribution < -0.4 is 10.2 Å². The molecule has 7 heteroatoms. The highest BCUT2D eigenvalue weighted by molar-refractivity contribution is 5.62. The zero-order valence-corrected chi connectivity index (χ0v) is 12.3. The van der Waals surface area contributed by atoms with Gasteiger partial charge in [0, 0.05) is 38.3 Å². The summed E-state index contributed by atoms with van der Waals surface area (Å²) in [4.78, 5) is 19.5. The number of nitrogens with zero attached hydrogens (tertiary/aromatic N) is 4. The van der Waals surface area contributed by atoms with Crippen LogP contribution in [0.1, 0.15) is 13.8 Å². The molecule has 1 N–H and O–H groups in total. The van der Waals surface area contributed by atoms with Crippen molar-refractivity contribution < 1.29 is 4.92 Å². The van der Waals surface area contributed by atoms with Gasteiger partial charge in [-0.2, -0.15) is 0 Å². The lowest BCUT2D eigenvalue weighted by Gasteiger charge is -2.42. The molecule has 1 aliphatic heterocycles. The van der Waals surface area contributed by atoms with E-state index in [0.29, 0.717) is 23.7 Å². The Morgan fingerprint density at radius 3 is 2.45 bits per heavy atom. The van der Waals surface area contributed by atoms with Crippen LogP contribution in [0.4, 0.5) is 17.3 Å². The maximum Gasteiger partial charge on any atom is 0.311 e. The fourth-order valence-corrected chi connectivity index (χ4v) is 2.53. The number of nitrogens with one attached hydrogen (secondary N) is 1. The quantitative estimate of drug-likeness (QED) is 0.668. The van der Waals surface area contributed by atoms with E-state index in [2.05, 4.69) is 36.1 Å². The van der Waals surface area contributed by atoms with Crippen LogP contribution in [0.2, 0.25) is 0 Å². The standard InChI is InChI=1S/C13H21N5O2/c1-9-7-17(8-10(2)16(9)4)13-11(18(19)20)5-6-12(14-3)15-13/h5-6,9-10H,7-8H2,1-4H3,(H,14,15). The first-order chi connectivity index (χ1) is 9.43. The van der Waals surface area contributed by atoms with E-state index in [4.69, 9.17) is 0 Å². The third kappa shape index (κ3) is 2.67. The molecule has 2 atom stereocenters. The largest absolute Gasteiger partial charge is 0.373 e. The maximum atomic E-state index is 11.2. The fourth-order valence-electron chi connectivity index (χ4n) is 2.53. The number of pyridine rings is 1. The molecule has 1 aliphatic rings. The number of rotatable bonds is 3. The topological polar surface area (TPSA) is 74.5 Å². The summed E-state index contributed by atoms with van der Waals surface area (Å²) < 4.78 is 0. The SMILES string of the molecule is CNc1ccc([N+](=O)[O-])c(N2CC(C)N(C)C(C)C2)n1. The van der Waals surface area contributed by atoms with Gasteiger partial charge < -0.3 is 10.2 Å². The van der Waals surface area contributed by atoms with Crippen molar-refractivity contribution in [3.8, 4) is 0 Å². The minimum atomic E-state index is -0.366. The van der Waals surface area contributed by atoms with Crippen LogP contribution in [0.15, 0.2) is 12.1 Å². The summed E-state index contributed by atoms with van der Waals surface area (Å²) in [5, 5.41) is 14.1. The van der Waals surface area contributed by atoms with Gasteiger partial charge >= 0.3 is 5.69 Å². The van der Waals surface area contributed by atoms with Crippen molar-refractivity contribution in [2.24, 2.45) is 0 Å². The number of anilines is 2. The smallest absolute Gasteiger partial charge is 0.311 e. The number of aromatic nitrogens is 1. The van der Waals surface area contributed by atoms with E-state index in [1.165, 1.54) is 6.07 Å². The Balaban J connectivity index is 2.37. The van der Waals surface area contributed by atoms with Crippen LogP contribution in [0.3, 0.4) is 0 Å². The van der Waals surface area contributed by atoms with E-state index >= 15 is 0 Å². The van der Waals surface area contributed by atoms with Gasteiger partial charge in [-0.1, -0.05) is 0 Å². The molecule has 1 aromatic heterocycles. The predicted octanol–water partition coefficient (Wildman–Crippen LogP) is 1.56. The summed E-state index contributed by atoms with van der Waals surface area (Å²) in [6.45, 7) is 5.72. The number of likely N-dealkylation sites (N-methyl/N-ethyl adjacent to an activating group) is 1. The first-order valence-electron chi connectivity index (χ1n) is 6.74. The second-order valence-electron chi connectivity index (χ2n) is 5.31. The number of nitro groups is 1. The second-order valence-corrected chi connectivity index (χ2v) is 5.31. The molecule has 0 spiro atoms. The van der Waals surface area contributed by atoms with Gasteiger partial charge in [0.2, 0.25) is 5.82 Å². The van der Waals surface area contributed by atoms with Crippen LogP contribution in [-0.4, -0.2) is 54.1 Å². The minimum Gasteiger partial charge on any atom is -0.373 e. The third-order valence-corrected chi connectivity index (χ3v) is 3.97. The van der Waals surface area contributed by atoms with Gasteiger partial charge in [0.1, 0.15) is 5.82 Å². The fraction of sp³-hybridized carbons (Fsp3) is 0.615.